The van der Waals surface area contributed by atoms with Crippen molar-refractivity contribution in [2.24, 2.45) is 5.92 Å². The Morgan fingerprint density at radius 1 is 1.00 bits per heavy atom. The summed E-state index contributed by atoms with van der Waals surface area (Å²) in [5.41, 5.74) is 0.969. The van der Waals surface area contributed by atoms with Crippen molar-refractivity contribution in [2.75, 3.05) is 13.1 Å². The molecule has 4 rings (SSSR count). The van der Waals surface area contributed by atoms with Crippen molar-refractivity contribution >= 4 is 17.8 Å². The predicted octanol–water partition coefficient (Wildman–Crippen LogP) is 2.78. The maximum Gasteiger partial charge on any atom is 0.320 e. The van der Waals surface area contributed by atoms with Crippen LogP contribution in [0.15, 0.2) is 24.3 Å². The summed E-state index contributed by atoms with van der Waals surface area (Å²) in [5, 5.41) is 9.59. The Kier molecular flexibility index (Phi) is 5.00. The summed E-state index contributed by atoms with van der Waals surface area (Å²) in [7, 11) is 0. The lowest BCUT2D eigenvalue weighted by atomic mass is 9.85. The number of hydrogen-bond donors (Lipinski definition) is 1. The average molecular weight is 370 g/mol. The number of benzene rings is 1. The number of carboxylic acids is 1. The van der Waals surface area contributed by atoms with E-state index < -0.39 is 5.97 Å². The summed E-state index contributed by atoms with van der Waals surface area (Å²) in [6.07, 6.45) is 6.87. The Balaban J connectivity index is 1.33. The summed E-state index contributed by atoms with van der Waals surface area (Å²) in [4.78, 5) is 40.0. The molecule has 3 atom stereocenters. The topological polar surface area (TPSA) is 77.9 Å². The molecule has 1 aliphatic carbocycles. The Hall–Kier alpha value is -2.21. The number of unbranched alkanes of at least 4 members (excludes halogenated alkanes) is 1. The molecule has 0 spiro atoms. The Bertz CT molecular complexity index is 727. The summed E-state index contributed by atoms with van der Waals surface area (Å²) in [5.74, 6) is -0.638. The van der Waals surface area contributed by atoms with Gasteiger partial charge >= 0.3 is 5.97 Å². The number of likely N-dealkylation sites (tertiary alicyclic amines) is 1. The second-order valence-electron chi connectivity index (χ2n) is 7.95. The molecule has 2 aliphatic heterocycles. The van der Waals surface area contributed by atoms with Crippen LogP contribution < -0.4 is 0 Å². The van der Waals surface area contributed by atoms with Gasteiger partial charge in [0, 0.05) is 12.6 Å². The van der Waals surface area contributed by atoms with E-state index in [1.165, 1.54) is 17.7 Å². The third-order valence-electron chi connectivity index (χ3n) is 6.43. The predicted molar refractivity (Wildman–Crippen MR) is 99.5 cm³/mol. The fourth-order valence-corrected chi connectivity index (χ4v) is 5.12. The molecule has 0 bridgehead atoms. The Morgan fingerprint density at radius 3 is 2.30 bits per heavy atom. The number of nitrogens with zero attached hydrogens (tertiary/aromatic N) is 2. The Labute approximate surface area is 159 Å². The largest absolute Gasteiger partial charge is 0.480 e. The van der Waals surface area contributed by atoms with Crippen LogP contribution in [0.5, 0.6) is 0 Å². The molecule has 2 amide bonds. The molecular formula is C21H26N2O4. The number of rotatable bonds is 6. The first-order chi connectivity index (χ1) is 13.1. The molecule has 2 heterocycles. The summed E-state index contributed by atoms with van der Waals surface area (Å²) >= 11 is 0. The molecule has 0 radical (unpaired) electrons. The highest BCUT2D eigenvalue weighted by Gasteiger charge is 2.44. The second kappa shape index (κ2) is 7.43. The average Bonchev–Trinajstić information content (AvgIpc) is 3.16. The third-order valence-corrected chi connectivity index (χ3v) is 6.43. The first-order valence-corrected chi connectivity index (χ1v) is 10.0. The molecule has 1 aromatic carbocycles. The number of imide groups is 1. The zero-order chi connectivity index (χ0) is 19.0. The highest BCUT2D eigenvalue weighted by atomic mass is 16.4. The van der Waals surface area contributed by atoms with Crippen molar-refractivity contribution in [3.63, 3.8) is 0 Å². The molecule has 144 valence electrons. The van der Waals surface area contributed by atoms with Crippen molar-refractivity contribution in [3.05, 3.63) is 35.4 Å². The molecule has 6 heteroatoms. The van der Waals surface area contributed by atoms with Gasteiger partial charge in [-0.2, -0.15) is 0 Å². The van der Waals surface area contributed by atoms with E-state index in [9.17, 15) is 19.5 Å². The van der Waals surface area contributed by atoms with Crippen molar-refractivity contribution in [2.45, 2.75) is 57.0 Å². The molecule has 6 nitrogen and oxygen atoms in total. The van der Waals surface area contributed by atoms with Crippen LogP contribution in [0.2, 0.25) is 0 Å². The van der Waals surface area contributed by atoms with E-state index in [1.807, 2.05) is 0 Å². The van der Waals surface area contributed by atoms with Gasteiger partial charge in [0.2, 0.25) is 0 Å². The molecular weight excluding hydrogens is 344 g/mol. The number of carbonyl (C=O) groups excluding carboxylic acids is 2. The fraction of sp³-hybridized carbons (Fsp3) is 0.571. The molecule has 0 aromatic heterocycles. The van der Waals surface area contributed by atoms with E-state index in [0.29, 0.717) is 36.1 Å². The van der Waals surface area contributed by atoms with Crippen LogP contribution in [-0.2, 0) is 4.79 Å². The summed E-state index contributed by atoms with van der Waals surface area (Å²) < 4.78 is 0. The van der Waals surface area contributed by atoms with Crippen LogP contribution in [-0.4, -0.2) is 57.9 Å². The molecule has 1 saturated heterocycles. The molecule has 27 heavy (non-hydrogen) atoms. The van der Waals surface area contributed by atoms with Gasteiger partial charge in [0.1, 0.15) is 6.04 Å². The van der Waals surface area contributed by atoms with E-state index in [4.69, 9.17) is 0 Å². The number of aliphatic carboxylic acids is 1. The highest BCUT2D eigenvalue weighted by Crippen LogP contribution is 2.39. The molecule has 3 aliphatic rings. The maximum atomic E-state index is 12.4. The lowest BCUT2D eigenvalue weighted by molar-refractivity contribution is -0.142. The smallest absolute Gasteiger partial charge is 0.320 e. The van der Waals surface area contributed by atoms with Crippen LogP contribution in [0.1, 0.15) is 65.7 Å². The van der Waals surface area contributed by atoms with Gasteiger partial charge in [-0.3, -0.25) is 24.2 Å². The zero-order valence-corrected chi connectivity index (χ0v) is 15.5. The van der Waals surface area contributed by atoms with Gasteiger partial charge in [0.15, 0.2) is 0 Å². The lowest BCUT2D eigenvalue weighted by Gasteiger charge is -2.33. The monoisotopic (exact) mass is 370 g/mol. The van der Waals surface area contributed by atoms with Gasteiger partial charge in [-0.15, -0.1) is 0 Å². The van der Waals surface area contributed by atoms with Gasteiger partial charge < -0.3 is 5.11 Å². The maximum absolute atomic E-state index is 12.4. The summed E-state index contributed by atoms with van der Waals surface area (Å²) in [6.45, 7) is 1.12. The van der Waals surface area contributed by atoms with E-state index >= 15 is 0 Å². The molecule has 1 N–H and O–H groups in total. The standard InChI is InChI=1S/C21H26N2O4/c24-19-15-8-2-3-9-16(15)20(25)23(19)12-6-5-11-22-17-10-4-1-7-14(17)13-18(22)21(26)27/h2-3,8-9,14,17-18H,1,4-7,10-13H2,(H,26,27). The SMILES string of the molecule is O=C(O)C1CC2CCCCC2N1CCCCN1C(=O)c2ccccc2C1=O. The second-order valence-corrected chi connectivity index (χ2v) is 7.95. The molecule has 3 unspecified atom stereocenters. The quantitative estimate of drug-likeness (QED) is 0.615. The van der Waals surface area contributed by atoms with Crippen LogP contribution >= 0.6 is 0 Å². The van der Waals surface area contributed by atoms with Crippen LogP contribution in [0.4, 0.5) is 0 Å². The van der Waals surface area contributed by atoms with Crippen LogP contribution in [0.25, 0.3) is 0 Å². The number of carbonyl (C=O) groups is 3. The Morgan fingerprint density at radius 2 is 1.63 bits per heavy atom. The summed E-state index contributed by atoms with van der Waals surface area (Å²) in [6, 6.07) is 6.94. The zero-order valence-electron chi connectivity index (χ0n) is 15.5. The van der Waals surface area contributed by atoms with Crippen molar-refractivity contribution in [3.8, 4) is 0 Å². The minimum atomic E-state index is -0.718. The normalized spacial score (nSPS) is 27.7. The number of amides is 2. The number of hydrogen-bond acceptors (Lipinski definition) is 4. The van der Waals surface area contributed by atoms with Crippen LogP contribution in [0, 0.1) is 5.92 Å². The van der Waals surface area contributed by atoms with E-state index in [2.05, 4.69) is 4.90 Å². The third kappa shape index (κ3) is 3.27. The van der Waals surface area contributed by atoms with E-state index in [1.54, 1.807) is 24.3 Å². The molecule has 1 saturated carbocycles. The van der Waals surface area contributed by atoms with Crippen molar-refractivity contribution < 1.29 is 19.5 Å². The van der Waals surface area contributed by atoms with Gasteiger partial charge in [0.05, 0.1) is 11.1 Å². The first kappa shape index (κ1) is 18.2. The minimum absolute atomic E-state index is 0.215. The number of carboxylic acid groups (broad SMARTS) is 1. The van der Waals surface area contributed by atoms with Gasteiger partial charge in [-0.1, -0.05) is 25.0 Å². The minimum Gasteiger partial charge on any atom is -0.480 e. The highest BCUT2D eigenvalue weighted by molar-refractivity contribution is 6.21. The van der Waals surface area contributed by atoms with E-state index in [-0.39, 0.29) is 17.9 Å². The van der Waals surface area contributed by atoms with Gasteiger partial charge in [0.25, 0.3) is 11.8 Å². The van der Waals surface area contributed by atoms with Gasteiger partial charge in [-0.05, 0) is 56.7 Å². The molecule has 2 fully saturated rings. The van der Waals surface area contributed by atoms with Gasteiger partial charge in [-0.25, -0.2) is 0 Å². The first-order valence-electron chi connectivity index (χ1n) is 10.0. The van der Waals surface area contributed by atoms with E-state index in [0.717, 1.165) is 32.2 Å². The van der Waals surface area contributed by atoms with Crippen molar-refractivity contribution in [1.82, 2.24) is 9.80 Å². The van der Waals surface area contributed by atoms with Crippen LogP contribution in [0.3, 0.4) is 0 Å². The fourth-order valence-electron chi connectivity index (χ4n) is 5.12. The number of fused-ring (bicyclic) bond motifs is 2. The lowest BCUT2D eigenvalue weighted by Crippen LogP contribution is -2.43. The van der Waals surface area contributed by atoms with Crippen molar-refractivity contribution in [1.29, 1.82) is 0 Å². The molecule has 1 aromatic rings.